The monoisotopic (exact) mass is 227 g/mol. The second kappa shape index (κ2) is 4.69. The van der Waals surface area contributed by atoms with E-state index < -0.39 is 22.4 Å². The van der Waals surface area contributed by atoms with Gasteiger partial charge in [0.25, 0.3) is 0 Å². The van der Waals surface area contributed by atoms with Crippen LogP contribution in [0.3, 0.4) is 0 Å². The van der Waals surface area contributed by atoms with Crippen molar-refractivity contribution >= 4 is 11.7 Å². The topological polar surface area (TPSA) is 69.4 Å². The molecule has 0 radical (unpaired) electrons. The second-order valence-electron chi connectivity index (χ2n) is 3.07. The number of nitro benzene ring substituents is 1. The maximum Gasteiger partial charge on any atom is 0.341 e. The van der Waals surface area contributed by atoms with Crippen LogP contribution in [0, 0.1) is 22.9 Å². The van der Waals surface area contributed by atoms with Gasteiger partial charge in [-0.05, 0) is 19.4 Å². The molecule has 0 fully saturated rings. The molecule has 0 aliphatic rings. The Morgan fingerprint density at radius 3 is 2.69 bits per heavy atom. The molecule has 0 heterocycles. The number of halogens is 1. The van der Waals surface area contributed by atoms with Crippen molar-refractivity contribution in [1.82, 2.24) is 0 Å². The van der Waals surface area contributed by atoms with Crippen LogP contribution in [0.1, 0.15) is 22.8 Å². The summed E-state index contributed by atoms with van der Waals surface area (Å²) < 4.78 is 18.2. The largest absolute Gasteiger partial charge is 0.462 e. The smallest absolute Gasteiger partial charge is 0.341 e. The number of hydrogen-bond donors (Lipinski definition) is 0. The molecule has 1 aromatic carbocycles. The summed E-state index contributed by atoms with van der Waals surface area (Å²) in [7, 11) is 0. The van der Waals surface area contributed by atoms with Crippen LogP contribution in [0.5, 0.6) is 0 Å². The summed E-state index contributed by atoms with van der Waals surface area (Å²) in [6.07, 6.45) is 0. The molecule has 86 valence electrons. The van der Waals surface area contributed by atoms with Crippen LogP contribution in [-0.4, -0.2) is 17.5 Å². The van der Waals surface area contributed by atoms with Gasteiger partial charge >= 0.3 is 11.7 Å². The Morgan fingerprint density at radius 1 is 1.56 bits per heavy atom. The Labute approximate surface area is 91.0 Å². The fourth-order valence-corrected chi connectivity index (χ4v) is 1.26. The molecule has 0 bridgehead atoms. The lowest BCUT2D eigenvalue weighted by molar-refractivity contribution is -0.387. The third-order valence-corrected chi connectivity index (χ3v) is 2.01. The first-order valence-electron chi connectivity index (χ1n) is 4.59. The van der Waals surface area contributed by atoms with Crippen LogP contribution in [0.2, 0.25) is 0 Å². The first kappa shape index (κ1) is 12.1. The molecule has 5 nitrogen and oxygen atoms in total. The zero-order valence-corrected chi connectivity index (χ0v) is 8.82. The number of carbonyl (C=O) groups excluding carboxylic acids is 1. The van der Waals surface area contributed by atoms with Gasteiger partial charge in [-0.1, -0.05) is 6.07 Å². The Morgan fingerprint density at radius 2 is 2.19 bits per heavy atom. The fourth-order valence-electron chi connectivity index (χ4n) is 1.26. The lowest BCUT2D eigenvalue weighted by atomic mass is 10.1. The van der Waals surface area contributed by atoms with Gasteiger partial charge < -0.3 is 4.74 Å². The highest BCUT2D eigenvalue weighted by atomic mass is 19.1. The maximum absolute atomic E-state index is 13.6. The SMILES string of the molecule is CCOC(=O)c1c(C)ccc([N+](=O)[O-])c1F. The van der Waals surface area contributed by atoms with Crippen molar-refractivity contribution in [3.8, 4) is 0 Å². The predicted octanol–water partition coefficient (Wildman–Crippen LogP) is 2.22. The van der Waals surface area contributed by atoms with Gasteiger partial charge in [0.2, 0.25) is 5.82 Å². The summed E-state index contributed by atoms with van der Waals surface area (Å²) >= 11 is 0. The molecular weight excluding hydrogens is 217 g/mol. The third-order valence-electron chi connectivity index (χ3n) is 2.01. The van der Waals surface area contributed by atoms with Crippen molar-refractivity contribution in [2.75, 3.05) is 6.61 Å². The van der Waals surface area contributed by atoms with Crippen molar-refractivity contribution < 1.29 is 18.8 Å². The van der Waals surface area contributed by atoms with Crippen molar-refractivity contribution in [3.05, 3.63) is 39.2 Å². The molecule has 0 spiro atoms. The highest BCUT2D eigenvalue weighted by Gasteiger charge is 2.24. The number of ether oxygens (including phenoxy) is 1. The lowest BCUT2D eigenvalue weighted by Crippen LogP contribution is -2.11. The Bertz CT molecular complexity index is 445. The van der Waals surface area contributed by atoms with Gasteiger partial charge in [-0.2, -0.15) is 4.39 Å². The first-order valence-corrected chi connectivity index (χ1v) is 4.59. The van der Waals surface area contributed by atoms with Crippen LogP contribution < -0.4 is 0 Å². The normalized spacial score (nSPS) is 9.94. The molecule has 0 amide bonds. The van der Waals surface area contributed by atoms with Gasteiger partial charge in [-0.25, -0.2) is 4.79 Å². The van der Waals surface area contributed by atoms with Gasteiger partial charge in [0, 0.05) is 6.07 Å². The number of nitrogens with zero attached hydrogens (tertiary/aromatic N) is 1. The molecule has 1 aromatic rings. The summed E-state index contributed by atoms with van der Waals surface area (Å²) in [6.45, 7) is 3.14. The van der Waals surface area contributed by atoms with E-state index in [1.807, 2.05) is 0 Å². The standard InChI is InChI=1S/C10H10FNO4/c1-3-16-10(13)8-6(2)4-5-7(9(8)11)12(14)15/h4-5H,3H2,1-2H3. The van der Waals surface area contributed by atoms with Crippen LogP contribution >= 0.6 is 0 Å². The molecule has 0 aliphatic carbocycles. The summed E-state index contributed by atoms with van der Waals surface area (Å²) in [5.41, 5.74) is -0.800. The minimum absolute atomic E-state index is 0.0837. The van der Waals surface area contributed by atoms with E-state index in [1.165, 1.54) is 13.0 Å². The number of carbonyl (C=O) groups is 1. The number of benzene rings is 1. The highest BCUT2D eigenvalue weighted by molar-refractivity contribution is 5.92. The van der Waals surface area contributed by atoms with Gasteiger partial charge in [-0.15, -0.1) is 0 Å². The van der Waals surface area contributed by atoms with E-state index in [0.29, 0.717) is 5.56 Å². The maximum atomic E-state index is 13.6. The molecule has 0 unspecified atom stereocenters. The summed E-state index contributed by atoms with van der Waals surface area (Å²) in [5.74, 6) is -2.04. The van der Waals surface area contributed by atoms with Crippen molar-refractivity contribution in [3.63, 3.8) is 0 Å². The Kier molecular flexibility index (Phi) is 3.55. The molecule has 6 heteroatoms. The van der Waals surface area contributed by atoms with E-state index in [9.17, 15) is 19.3 Å². The van der Waals surface area contributed by atoms with E-state index >= 15 is 0 Å². The van der Waals surface area contributed by atoms with E-state index in [0.717, 1.165) is 6.07 Å². The molecule has 0 saturated heterocycles. The molecule has 0 N–H and O–H groups in total. The van der Waals surface area contributed by atoms with E-state index in [1.54, 1.807) is 6.92 Å². The molecular formula is C10H10FNO4. The van der Waals surface area contributed by atoms with Crippen LogP contribution in [0.15, 0.2) is 12.1 Å². The average molecular weight is 227 g/mol. The van der Waals surface area contributed by atoms with E-state index in [2.05, 4.69) is 4.74 Å². The highest BCUT2D eigenvalue weighted by Crippen LogP contribution is 2.24. The number of rotatable bonds is 3. The van der Waals surface area contributed by atoms with Crippen molar-refractivity contribution in [1.29, 1.82) is 0 Å². The van der Waals surface area contributed by atoms with Crippen LogP contribution in [-0.2, 0) is 4.74 Å². The zero-order chi connectivity index (χ0) is 12.3. The molecule has 0 aliphatic heterocycles. The molecule has 0 atom stereocenters. The number of aryl methyl sites for hydroxylation is 1. The van der Waals surface area contributed by atoms with Gasteiger partial charge in [0.05, 0.1) is 11.5 Å². The lowest BCUT2D eigenvalue weighted by Gasteiger charge is -2.06. The van der Waals surface area contributed by atoms with E-state index in [-0.39, 0.29) is 12.2 Å². The summed E-state index contributed by atoms with van der Waals surface area (Å²) in [5, 5.41) is 10.5. The van der Waals surface area contributed by atoms with Gasteiger partial charge in [0.1, 0.15) is 5.56 Å². The molecule has 1 rings (SSSR count). The first-order chi connectivity index (χ1) is 7.49. The number of hydrogen-bond acceptors (Lipinski definition) is 4. The second-order valence-corrected chi connectivity index (χ2v) is 3.07. The third kappa shape index (κ3) is 2.16. The average Bonchev–Trinajstić information content (AvgIpc) is 2.17. The molecule has 0 aromatic heterocycles. The van der Waals surface area contributed by atoms with Crippen LogP contribution in [0.25, 0.3) is 0 Å². The van der Waals surface area contributed by atoms with Crippen molar-refractivity contribution in [2.45, 2.75) is 13.8 Å². The number of nitro groups is 1. The van der Waals surface area contributed by atoms with E-state index in [4.69, 9.17) is 0 Å². The van der Waals surface area contributed by atoms with Crippen molar-refractivity contribution in [2.24, 2.45) is 0 Å². The summed E-state index contributed by atoms with van der Waals surface area (Å²) in [4.78, 5) is 21.0. The quantitative estimate of drug-likeness (QED) is 0.451. The molecule has 0 saturated carbocycles. The van der Waals surface area contributed by atoms with Gasteiger partial charge in [-0.3, -0.25) is 10.1 Å². The zero-order valence-electron chi connectivity index (χ0n) is 8.82. The minimum Gasteiger partial charge on any atom is -0.462 e. The summed E-state index contributed by atoms with van der Waals surface area (Å²) in [6, 6.07) is 2.33. The number of esters is 1. The Hall–Kier alpha value is -1.98. The van der Waals surface area contributed by atoms with Gasteiger partial charge in [0.15, 0.2) is 0 Å². The Balaban J connectivity index is 3.31. The fraction of sp³-hybridized carbons (Fsp3) is 0.300. The molecule has 16 heavy (non-hydrogen) atoms. The van der Waals surface area contributed by atoms with Crippen LogP contribution in [0.4, 0.5) is 10.1 Å². The minimum atomic E-state index is -1.15. The predicted molar refractivity (Wildman–Crippen MR) is 53.7 cm³/mol.